The van der Waals surface area contributed by atoms with E-state index in [-0.39, 0.29) is 6.42 Å². The van der Waals surface area contributed by atoms with Crippen LogP contribution in [0.1, 0.15) is 55.7 Å². The third-order valence-corrected chi connectivity index (χ3v) is 4.88. The number of carbonyl (C=O) groups excluding carboxylic acids is 2. The zero-order chi connectivity index (χ0) is 18.4. The van der Waals surface area contributed by atoms with E-state index in [2.05, 4.69) is 11.4 Å². The van der Waals surface area contributed by atoms with Crippen molar-refractivity contribution in [2.75, 3.05) is 0 Å². The van der Waals surface area contributed by atoms with Gasteiger partial charge in [-0.15, -0.1) is 0 Å². The summed E-state index contributed by atoms with van der Waals surface area (Å²) >= 11 is 0. The lowest BCUT2D eigenvalue weighted by Gasteiger charge is -2.32. The van der Waals surface area contributed by atoms with Gasteiger partial charge >= 0.3 is 5.97 Å². The molecule has 5 nitrogen and oxygen atoms in total. The maximum absolute atomic E-state index is 12.3. The Kier molecular flexibility index (Phi) is 6.19. The molecule has 1 aromatic rings. The fraction of sp³-hybridized carbons (Fsp3) is 0.550. The lowest BCUT2D eigenvalue weighted by atomic mass is 9.83. The molecule has 0 unspecified atom stereocenters. The number of nitrogens with one attached hydrogen (secondary N) is 1. The second-order valence-corrected chi connectivity index (χ2v) is 6.97. The number of hydrogen-bond donors (Lipinski definition) is 1. The molecule has 0 bridgehead atoms. The van der Waals surface area contributed by atoms with Gasteiger partial charge < -0.3 is 10.1 Å². The first-order valence-electron chi connectivity index (χ1n) is 8.84. The highest BCUT2D eigenvalue weighted by Gasteiger charge is 2.35. The minimum absolute atomic E-state index is 0.127. The van der Waals surface area contributed by atoms with Gasteiger partial charge in [-0.1, -0.05) is 37.5 Å². The van der Waals surface area contributed by atoms with E-state index >= 15 is 0 Å². The molecule has 2 rings (SSSR count). The first kappa shape index (κ1) is 19.0. The predicted octanol–water partition coefficient (Wildman–Crippen LogP) is 3.12. The molecule has 1 aromatic carbocycles. The fourth-order valence-corrected chi connectivity index (χ4v) is 3.13. The highest BCUT2D eigenvalue weighted by atomic mass is 16.5. The van der Waals surface area contributed by atoms with E-state index in [0.29, 0.717) is 12.8 Å². The number of esters is 1. The van der Waals surface area contributed by atoms with Gasteiger partial charge in [-0.05, 0) is 50.3 Å². The summed E-state index contributed by atoms with van der Waals surface area (Å²) in [5.41, 5.74) is 2.33. The van der Waals surface area contributed by atoms with E-state index < -0.39 is 23.5 Å². The SMILES string of the molecule is Cc1ccc(CC(=O)O[C@@H](C)C(=O)NC2(C#N)CCCCC2)cc1C. The van der Waals surface area contributed by atoms with Crippen molar-refractivity contribution < 1.29 is 14.3 Å². The van der Waals surface area contributed by atoms with Crippen LogP contribution >= 0.6 is 0 Å². The number of amides is 1. The Bertz CT molecular complexity index is 685. The van der Waals surface area contributed by atoms with Gasteiger partial charge in [-0.2, -0.15) is 5.26 Å². The highest BCUT2D eigenvalue weighted by molar-refractivity contribution is 5.84. The number of hydrogen-bond acceptors (Lipinski definition) is 4. The van der Waals surface area contributed by atoms with Gasteiger partial charge in [0.1, 0.15) is 5.54 Å². The molecular weight excluding hydrogens is 316 g/mol. The summed E-state index contributed by atoms with van der Waals surface area (Å²) in [5.74, 6) is -0.850. The second-order valence-electron chi connectivity index (χ2n) is 6.97. The molecule has 0 aliphatic heterocycles. The Labute approximate surface area is 149 Å². The number of aryl methyl sites for hydroxylation is 2. The Morgan fingerprint density at radius 1 is 1.24 bits per heavy atom. The number of rotatable bonds is 5. The molecular formula is C20H26N2O3. The average molecular weight is 342 g/mol. The van der Waals surface area contributed by atoms with Crippen LogP contribution in [0.5, 0.6) is 0 Å². The molecule has 1 N–H and O–H groups in total. The van der Waals surface area contributed by atoms with Crippen LogP contribution in [0.25, 0.3) is 0 Å². The molecule has 1 atom stereocenters. The number of benzene rings is 1. The van der Waals surface area contributed by atoms with Gasteiger partial charge in [-0.3, -0.25) is 9.59 Å². The molecule has 1 fully saturated rings. The molecule has 25 heavy (non-hydrogen) atoms. The Morgan fingerprint density at radius 2 is 1.92 bits per heavy atom. The van der Waals surface area contributed by atoms with Crippen molar-refractivity contribution in [3.8, 4) is 6.07 Å². The van der Waals surface area contributed by atoms with Crippen LogP contribution in [-0.4, -0.2) is 23.5 Å². The van der Waals surface area contributed by atoms with E-state index in [4.69, 9.17) is 4.74 Å². The third kappa shape index (κ3) is 5.06. The van der Waals surface area contributed by atoms with E-state index in [1.165, 1.54) is 5.56 Å². The largest absolute Gasteiger partial charge is 0.452 e. The molecule has 0 aromatic heterocycles. The number of carbonyl (C=O) groups is 2. The summed E-state index contributed by atoms with van der Waals surface area (Å²) in [4.78, 5) is 24.4. The molecule has 5 heteroatoms. The quantitative estimate of drug-likeness (QED) is 0.834. The van der Waals surface area contributed by atoms with Crippen LogP contribution in [0.4, 0.5) is 0 Å². The Morgan fingerprint density at radius 3 is 2.52 bits per heavy atom. The molecule has 1 aliphatic rings. The number of nitrogens with zero attached hydrogens (tertiary/aromatic N) is 1. The summed E-state index contributed by atoms with van der Waals surface area (Å²) < 4.78 is 5.26. The summed E-state index contributed by atoms with van der Waals surface area (Å²) in [6.45, 7) is 5.55. The summed E-state index contributed by atoms with van der Waals surface area (Å²) in [6, 6.07) is 8.04. The van der Waals surface area contributed by atoms with Crippen molar-refractivity contribution in [3.05, 3.63) is 34.9 Å². The van der Waals surface area contributed by atoms with E-state index in [9.17, 15) is 14.9 Å². The lowest BCUT2D eigenvalue weighted by Crippen LogP contribution is -2.52. The van der Waals surface area contributed by atoms with E-state index in [0.717, 1.165) is 30.4 Å². The maximum Gasteiger partial charge on any atom is 0.311 e. The molecule has 0 radical (unpaired) electrons. The minimum Gasteiger partial charge on any atom is -0.452 e. The molecule has 1 aliphatic carbocycles. The predicted molar refractivity (Wildman–Crippen MR) is 94.7 cm³/mol. The van der Waals surface area contributed by atoms with Crippen molar-refractivity contribution in [2.45, 2.75) is 70.9 Å². The smallest absolute Gasteiger partial charge is 0.311 e. The van der Waals surface area contributed by atoms with Crippen molar-refractivity contribution in [3.63, 3.8) is 0 Å². The zero-order valence-electron chi connectivity index (χ0n) is 15.2. The molecule has 1 saturated carbocycles. The van der Waals surface area contributed by atoms with E-state index in [1.807, 2.05) is 32.0 Å². The monoisotopic (exact) mass is 342 g/mol. The van der Waals surface area contributed by atoms with Crippen molar-refractivity contribution in [1.82, 2.24) is 5.32 Å². The molecule has 0 heterocycles. The Hall–Kier alpha value is -2.35. The van der Waals surface area contributed by atoms with Crippen LogP contribution in [0, 0.1) is 25.2 Å². The summed E-state index contributed by atoms with van der Waals surface area (Å²) in [5, 5.41) is 12.2. The van der Waals surface area contributed by atoms with Gasteiger partial charge in [0.2, 0.25) is 0 Å². The van der Waals surface area contributed by atoms with Crippen LogP contribution in [-0.2, 0) is 20.7 Å². The van der Waals surface area contributed by atoms with Gasteiger partial charge in [0.15, 0.2) is 6.10 Å². The maximum atomic E-state index is 12.3. The van der Waals surface area contributed by atoms with E-state index in [1.54, 1.807) is 6.92 Å². The zero-order valence-corrected chi connectivity index (χ0v) is 15.2. The Balaban J connectivity index is 1.90. The minimum atomic E-state index is -0.911. The molecule has 1 amide bonds. The molecule has 0 saturated heterocycles. The van der Waals surface area contributed by atoms with Gasteiger partial charge in [0, 0.05) is 0 Å². The van der Waals surface area contributed by atoms with Gasteiger partial charge in [-0.25, -0.2) is 0 Å². The second kappa shape index (κ2) is 8.15. The third-order valence-electron chi connectivity index (χ3n) is 4.88. The number of nitriles is 1. The standard InChI is InChI=1S/C20H26N2O3/c1-14-7-8-17(11-15(14)2)12-18(23)25-16(3)19(24)22-20(13-21)9-5-4-6-10-20/h7-8,11,16H,4-6,9-10,12H2,1-3H3,(H,22,24)/t16-/m0/s1. The fourth-order valence-electron chi connectivity index (χ4n) is 3.13. The molecule has 0 spiro atoms. The van der Waals surface area contributed by atoms with Crippen molar-refractivity contribution in [1.29, 1.82) is 5.26 Å². The van der Waals surface area contributed by atoms with Crippen LogP contribution in [0.2, 0.25) is 0 Å². The summed E-state index contributed by atoms with van der Waals surface area (Å²) in [6.07, 6.45) is 3.45. The normalized spacial score (nSPS) is 17.2. The van der Waals surface area contributed by atoms with Gasteiger partial charge in [0.05, 0.1) is 12.5 Å². The van der Waals surface area contributed by atoms with Crippen molar-refractivity contribution >= 4 is 11.9 Å². The molecule has 134 valence electrons. The number of ether oxygens (including phenoxy) is 1. The van der Waals surface area contributed by atoms with Crippen molar-refractivity contribution in [2.24, 2.45) is 0 Å². The van der Waals surface area contributed by atoms with Crippen LogP contribution in [0.15, 0.2) is 18.2 Å². The summed E-state index contributed by atoms with van der Waals surface area (Å²) in [7, 11) is 0. The van der Waals surface area contributed by atoms with Crippen LogP contribution in [0.3, 0.4) is 0 Å². The average Bonchev–Trinajstić information content (AvgIpc) is 2.58. The lowest BCUT2D eigenvalue weighted by molar-refractivity contribution is -0.154. The van der Waals surface area contributed by atoms with Gasteiger partial charge in [0.25, 0.3) is 5.91 Å². The topological polar surface area (TPSA) is 79.2 Å². The first-order chi connectivity index (χ1) is 11.8. The van der Waals surface area contributed by atoms with Crippen LogP contribution < -0.4 is 5.32 Å². The first-order valence-corrected chi connectivity index (χ1v) is 8.84. The highest BCUT2D eigenvalue weighted by Crippen LogP contribution is 2.27.